The lowest BCUT2D eigenvalue weighted by Gasteiger charge is -2.09. The number of nitrogens with one attached hydrogen (secondary N) is 1. The fraction of sp³-hybridized carbons (Fsp3) is 0.429. The van der Waals surface area contributed by atoms with Crippen LogP contribution in [0.5, 0.6) is 0 Å². The Morgan fingerprint density at radius 3 is 2.55 bits per heavy atom. The Bertz CT molecular complexity index is 447. The van der Waals surface area contributed by atoms with E-state index >= 15 is 0 Å². The van der Waals surface area contributed by atoms with Crippen molar-refractivity contribution in [2.24, 2.45) is 0 Å². The first-order chi connectivity index (χ1) is 9.63. The molecule has 0 radical (unpaired) electrons. The zero-order chi connectivity index (χ0) is 14.8. The van der Waals surface area contributed by atoms with Gasteiger partial charge in [0.2, 0.25) is 5.91 Å². The summed E-state index contributed by atoms with van der Waals surface area (Å²) in [7, 11) is 1.56. The monoisotopic (exact) mass is 281 g/mol. The first-order valence-corrected chi connectivity index (χ1v) is 6.25. The Labute approximate surface area is 117 Å². The number of aliphatic carboxylic acids is 1. The quantitative estimate of drug-likeness (QED) is 0.647. The summed E-state index contributed by atoms with van der Waals surface area (Å²) >= 11 is 0. The highest BCUT2D eigenvalue weighted by Gasteiger charge is 2.07. The fourth-order valence-corrected chi connectivity index (χ4v) is 1.62. The maximum atomic E-state index is 11.5. The molecule has 2 N–H and O–H groups in total. The van der Waals surface area contributed by atoms with Crippen LogP contribution in [0.1, 0.15) is 11.1 Å². The van der Waals surface area contributed by atoms with Crippen molar-refractivity contribution in [3.63, 3.8) is 0 Å². The molecule has 6 nitrogen and oxygen atoms in total. The van der Waals surface area contributed by atoms with Crippen molar-refractivity contribution in [1.29, 1.82) is 0 Å². The molecule has 0 bridgehead atoms. The van der Waals surface area contributed by atoms with Gasteiger partial charge in [0.15, 0.2) is 0 Å². The predicted molar refractivity (Wildman–Crippen MR) is 72.3 cm³/mol. The summed E-state index contributed by atoms with van der Waals surface area (Å²) in [6.07, 6.45) is -0.0591. The molecular weight excluding hydrogens is 262 g/mol. The second kappa shape index (κ2) is 9.06. The van der Waals surface area contributed by atoms with Gasteiger partial charge in [-0.2, -0.15) is 0 Å². The van der Waals surface area contributed by atoms with Gasteiger partial charge in [-0.25, -0.2) is 0 Å². The largest absolute Gasteiger partial charge is 0.481 e. The molecule has 0 unspecified atom stereocenters. The second-order valence-corrected chi connectivity index (χ2v) is 4.16. The lowest BCUT2D eigenvalue weighted by atomic mass is 10.0. The first kappa shape index (κ1) is 16.1. The maximum Gasteiger partial charge on any atom is 0.307 e. The topological polar surface area (TPSA) is 84.9 Å². The van der Waals surface area contributed by atoms with Gasteiger partial charge < -0.3 is 19.9 Å². The van der Waals surface area contributed by atoms with E-state index in [1.807, 2.05) is 6.07 Å². The Balaban J connectivity index is 2.41. The fourth-order valence-electron chi connectivity index (χ4n) is 1.62. The molecule has 0 spiro atoms. The van der Waals surface area contributed by atoms with E-state index in [0.29, 0.717) is 18.8 Å². The van der Waals surface area contributed by atoms with Gasteiger partial charge in [0.05, 0.1) is 19.6 Å². The van der Waals surface area contributed by atoms with E-state index in [1.165, 1.54) is 0 Å². The Morgan fingerprint density at radius 1 is 1.20 bits per heavy atom. The molecule has 1 aromatic carbocycles. The molecule has 0 aliphatic rings. The molecule has 1 aromatic rings. The third kappa shape index (κ3) is 6.31. The number of amides is 1. The van der Waals surface area contributed by atoms with Crippen molar-refractivity contribution in [3.8, 4) is 0 Å². The van der Waals surface area contributed by atoms with Gasteiger partial charge in [0.25, 0.3) is 0 Å². The number of carboxylic acid groups (broad SMARTS) is 1. The number of carbonyl (C=O) groups is 2. The van der Waals surface area contributed by atoms with Crippen molar-refractivity contribution < 1.29 is 24.2 Å². The zero-order valence-corrected chi connectivity index (χ0v) is 11.4. The lowest BCUT2D eigenvalue weighted by Crippen LogP contribution is -2.28. The average molecular weight is 281 g/mol. The van der Waals surface area contributed by atoms with Gasteiger partial charge in [-0.05, 0) is 11.1 Å². The minimum absolute atomic E-state index is 0.0372. The van der Waals surface area contributed by atoms with Crippen LogP contribution in [0.25, 0.3) is 0 Å². The van der Waals surface area contributed by atoms with Gasteiger partial charge in [0.1, 0.15) is 6.61 Å². The second-order valence-electron chi connectivity index (χ2n) is 4.16. The van der Waals surface area contributed by atoms with Gasteiger partial charge in [-0.1, -0.05) is 24.3 Å². The van der Waals surface area contributed by atoms with E-state index in [2.05, 4.69) is 5.32 Å². The normalized spacial score (nSPS) is 10.2. The summed E-state index contributed by atoms with van der Waals surface area (Å²) in [5, 5.41) is 11.5. The summed E-state index contributed by atoms with van der Waals surface area (Å²) < 4.78 is 9.88. The van der Waals surface area contributed by atoms with Crippen molar-refractivity contribution >= 4 is 11.9 Å². The molecule has 0 saturated carbocycles. The molecule has 0 heterocycles. The molecule has 6 heteroatoms. The van der Waals surface area contributed by atoms with Gasteiger partial charge in [0, 0.05) is 13.7 Å². The van der Waals surface area contributed by atoms with E-state index < -0.39 is 5.97 Å². The smallest absolute Gasteiger partial charge is 0.307 e. The van der Waals surface area contributed by atoms with E-state index in [1.54, 1.807) is 25.3 Å². The van der Waals surface area contributed by atoms with Crippen LogP contribution < -0.4 is 5.32 Å². The van der Waals surface area contributed by atoms with E-state index in [-0.39, 0.29) is 25.5 Å². The number of carbonyl (C=O) groups excluding carboxylic acids is 1. The van der Waals surface area contributed by atoms with Gasteiger partial charge in [-0.15, -0.1) is 0 Å². The molecule has 20 heavy (non-hydrogen) atoms. The summed E-state index contributed by atoms with van der Waals surface area (Å²) in [5.74, 6) is -1.14. The summed E-state index contributed by atoms with van der Waals surface area (Å²) in [6.45, 7) is 1.05. The van der Waals surface area contributed by atoms with Crippen LogP contribution in [0.4, 0.5) is 0 Å². The highest BCUT2D eigenvalue weighted by molar-refractivity contribution is 5.77. The van der Waals surface area contributed by atoms with Crippen LogP contribution in [0.2, 0.25) is 0 Å². The van der Waals surface area contributed by atoms with E-state index in [4.69, 9.17) is 14.6 Å². The van der Waals surface area contributed by atoms with Gasteiger partial charge in [-0.3, -0.25) is 9.59 Å². The number of carboxylic acids is 1. The van der Waals surface area contributed by atoms with Crippen LogP contribution in [-0.4, -0.2) is 43.9 Å². The van der Waals surface area contributed by atoms with Crippen LogP contribution in [0.15, 0.2) is 24.3 Å². The number of hydrogen-bond acceptors (Lipinski definition) is 4. The molecule has 0 atom stereocenters. The molecule has 0 aromatic heterocycles. The summed E-state index contributed by atoms with van der Waals surface area (Å²) in [4.78, 5) is 22.3. The van der Waals surface area contributed by atoms with Crippen LogP contribution in [-0.2, 0) is 32.0 Å². The number of methoxy groups -OCH3 is 1. The Hall–Kier alpha value is -1.92. The molecule has 1 rings (SSSR count). The van der Waals surface area contributed by atoms with Crippen LogP contribution in [0.3, 0.4) is 0 Å². The third-order valence-corrected chi connectivity index (χ3v) is 2.60. The predicted octanol–water partition coefficient (Wildman–Crippen LogP) is 0.593. The average Bonchev–Trinajstić information content (AvgIpc) is 2.42. The van der Waals surface area contributed by atoms with Crippen molar-refractivity contribution in [2.75, 3.05) is 26.9 Å². The van der Waals surface area contributed by atoms with Gasteiger partial charge >= 0.3 is 5.97 Å². The molecular formula is C14H19NO5. The number of hydrogen-bond donors (Lipinski definition) is 2. The van der Waals surface area contributed by atoms with Crippen LogP contribution >= 0.6 is 0 Å². The molecule has 110 valence electrons. The number of rotatable bonds is 9. The zero-order valence-electron chi connectivity index (χ0n) is 11.4. The third-order valence-electron chi connectivity index (χ3n) is 2.60. The number of benzene rings is 1. The molecule has 1 amide bonds. The standard InChI is InChI=1S/C14H19NO5/c1-19-6-7-20-10-13(16)15-9-12-5-3-2-4-11(12)8-14(17)18/h2-5H,6-10H2,1H3,(H,15,16)(H,17,18). The Morgan fingerprint density at radius 2 is 1.90 bits per heavy atom. The minimum atomic E-state index is -0.897. The SMILES string of the molecule is COCCOCC(=O)NCc1ccccc1CC(=O)O. The van der Waals surface area contributed by atoms with Crippen molar-refractivity contribution in [1.82, 2.24) is 5.32 Å². The van der Waals surface area contributed by atoms with Crippen molar-refractivity contribution in [2.45, 2.75) is 13.0 Å². The highest BCUT2D eigenvalue weighted by Crippen LogP contribution is 2.09. The highest BCUT2D eigenvalue weighted by atomic mass is 16.5. The van der Waals surface area contributed by atoms with E-state index in [0.717, 1.165) is 5.56 Å². The molecule has 0 aliphatic carbocycles. The summed E-state index contributed by atoms with van der Waals surface area (Å²) in [6, 6.07) is 7.12. The minimum Gasteiger partial charge on any atom is -0.481 e. The Kier molecular flexibility index (Phi) is 7.31. The number of ether oxygens (including phenoxy) is 2. The first-order valence-electron chi connectivity index (χ1n) is 6.25. The molecule has 0 saturated heterocycles. The molecule has 0 aliphatic heterocycles. The molecule has 0 fully saturated rings. The lowest BCUT2D eigenvalue weighted by molar-refractivity contribution is -0.136. The van der Waals surface area contributed by atoms with E-state index in [9.17, 15) is 9.59 Å². The summed E-state index contributed by atoms with van der Waals surface area (Å²) in [5.41, 5.74) is 1.49. The maximum absolute atomic E-state index is 11.5. The van der Waals surface area contributed by atoms with Crippen LogP contribution in [0, 0.1) is 0 Å². The van der Waals surface area contributed by atoms with Crippen molar-refractivity contribution in [3.05, 3.63) is 35.4 Å².